The van der Waals surface area contributed by atoms with E-state index in [0.717, 1.165) is 0 Å². The van der Waals surface area contributed by atoms with E-state index in [9.17, 15) is 4.79 Å². The molecule has 0 radical (unpaired) electrons. The highest BCUT2D eigenvalue weighted by Gasteiger charge is 2.06. The van der Waals surface area contributed by atoms with Gasteiger partial charge in [0.25, 0.3) is 0 Å². The predicted molar refractivity (Wildman–Crippen MR) is 59.0 cm³/mol. The van der Waals surface area contributed by atoms with Crippen molar-refractivity contribution in [1.29, 1.82) is 0 Å². The van der Waals surface area contributed by atoms with E-state index in [1.54, 1.807) is 18.3 Å². The van der Waals surface area contributed by atoms with Crippen LogP contribution in [0.15, 0.2) is 18.3 Å². The molecule has 0 fully saturated rings. The van der Waals surface area contributed by atoms with Crippen LogP contribution >= 0.6 is 11.6 Å². The van der Waals surface area contributed by atoms with Crippen LogP contribution in [0.4, 0.5) is 5.69 Å². The van der Waals surface area contributed by atoms with E-state index in [-0.39, 0.29) is 23.8 Å². The smallest absolute Gasteiger partial charge is 0.250 e. The minimum atomic E-state index is -0.237. The van der Waals surface area contributed by atoms with Crippen LogP contribution in [-0.4, -0.2) is 23.6 Å². The minimum absolute atomic E-state index is 0.0168. The second kappa shape index (κ2) is 5.68. The number of pyridine rings is 1. The van der Waals surface area contributed by atoms with Crippen molar-refractivity contribution in [3.63, 3.8) is 0 Å². The number of hydrogen-bond donors (Lipinski definition) is 1. The van der Waals surface area contributed by atoms with Gasteiger partial charge in [0.15, 0.2) is 5.15 Å². The van der Waals surface area contributed by atoms with Crippen LogP contribution in [0.5, 0.6) is 0 Å². The second-order valence-electron chi connectivity index (χ2n) is 3.25. The number of halogens is 1. The monoisotopic (exact) mass is 228 g/mol. The van der Waals surface area contributed by atoms with Gasteiger partial charge in [-0.25, -0.2) is 4.98 Å². The van der Waals surface area contributed by atoms with Gasteiger partial charge in [0.1, 0.15) is 6.61 Å². The zero-order valence-corrected chi connectivity index (χ0v) is 9.41. The molecule has 4 nitrogen and oxygen atoms in total. The first-order valence-electron chi connectivity index (χ1n) is 4.61. The van der Waals surface area contributed by atoms with Gasteiger partial charge in [-0.2, -0.15) is 0 Å². The van der Waals surface area contributed by atoms with E-state index in [0.29, 0.717) is 5.69 Å². The van der Waals surface area contributed by atoms with Gasteiger partial charge in [0.05, 0.1) is 11.8 Å². The van der Waals surface area contributed by atoms with Crippen molar-refractivity contribution in [3.8, 4) is 0 Å². The standard InChI is InChI=1S/C10H13ClN2O2/c1-7(2)15-6-9(14)13-8-4-3-5-12-10(8)11/h3-5,7H,6H2,1-2H3,(H,13,14). The Morgan fingerprint density at radius 3 is 3.00 bits per heavy atom. The molecule has 1 aromatic heterocycles. The highest BCUT2D eigenvalue weighted by Crippen LogP contribution is 2.16. The molecule has 0 atom stereocenters. The molecule has 0 aliphatic heterocycles. The van der Waals surface area contributed by atoms with E-state index in [1.807, 2.05) is 13.8 Å². The topological polar surface area (TPSA) is 51.2 Å². The molecule has 0 saturated heterocycles. The van der Waals surface area contributed by atoms with E-state index in [1.165, 1.54) is 0 Å². The average molecular weight is 229 g/mol. The molecule has 0 aromatic carbocycles. The molecule has 1 rings (SSSR count). The molecule has 0 unspecified atom stereocenters. The van der Waals surface area contributed by atoms with E-state index in [2.05, 4.69) is 10.3 Å². The Balaban J connectivity index is 2.48. The van der Waals surface area contributed by atoms with E-state index >= 15 is 0 Å². The normalized spacial score (nSPS) is 10.4. The predicted octanol–water partition coefficient (Wildman–Crippen LogP) is 2.10. The number of ether oxygens (including phenoxy) is 1. The summed E-state index contributed by atoms with van der Waals surface area (Å²) in [5.41, 5.74) is 0.497. The van der Waals surface area contributed by atoms with Gasteiger partial charge in [-0.1, -0.05) is 11.6 Å². The number of aromatic nitrogens is 1. The highest BCUT2D eigenvalue weighted by atomic mass is 35.5. The summed E-state index contributed by atoms with van der Waals surface area (Å²) < 4.78 is 5.14. The van der Waals surface area contributed by atoms with Crippen LogP contribution in [0.3, 0.4) is 0 Å². The first-order valence-corrected chi connectivity index (χ1v) is 4.99. The molecular formula is C10H13ClN2O2. The number of carbonyl (C=O) groups is 1. The number of anilines is 1. The van der Waals surface area contributed by atoms with Crippen LogP contribution < -0.4 is 5.32 Å². The lowest BCUT2D eigenvalue weighted by atomic mass is 10.4. The van der Waals surface area contributed by atoms with Crippen LogP contribution in [0.25, 0.3) is 0 Å². The first kappa shape index (κ1) is 11.9. The Labute approximate surface area is 93.6 Å². The number of amides is 1. The third-order valence-electron chi connectivity index (χ3n) is 1.58. The van der Waals surface area contributed by atoms with Gasteiger partial charge < -0.3 is 10.1 Å². The van der Waals surface area contributed by atoms with Crippen molar-refractivity contribution in [2.24, 2.45) is 0 Å². The van der Waals surface area contributed by atoms with Crippen molar-refractivity contribution in [2.45, 2.75) is 20.0 Å². The Kier molecular flexibility index (Phi) is 4.52. The molecule has 0 bridgehead atoms. The summed E-state index contributed by atoms with van der Waals surface area (Å²) in [6, 6.07) is 3.38. The molecule has 5 heteroatoms. The molecule has 0 aliphatic carbocycles. The van der Waals surface area contributed by atoms with Crippen molar-refractivity contribution >= 4 is 23.2 Å². The molecule has 1 N–H and O–H groups in total. The molecule has 1 heterocycles. The Morgan fingerprint density at radius 1 is 1.67 bits per heavy atom. The second-order valence-corrected chi connectivity index (χ2v) is 3.61. The quantitative estimate of drug-likeness (QED) is 0.803. The average Bonchev–Trinajstić information content (AvgIpc) is 2.18. The van der Waals surface area contributed by atoms with Gasteiger partial charge in [-0.3, -0.25) is 4.79 Å². The lowest BCUT2D eigenvalue weighted by molar-refractivity contribution is -0.121. The fourth-order valence-corrected chi connectivity index (χ4v) is 1.07. The summed E-state index contributed by atoms with van der Waals surface area (Å²) in [7, 11) is 0. The van der Waals surface area contributed by atoms with E-state index < -0.39 is 0 Å². The lowest BCUT2D eigenvalue weighted by Gasteiger charge is -2.08. The van der Waals surface area contributed by atoms with Crippen molar-refractivity contribution in [2.75, 3.05) is 11.9 Å². The maximum Gasteiger partial charge on any atom is 0.250 e. The minimum Gasteiger partial charge on any atom is -0.369 e. The number of carbonyl (C=O) groups excluding carboxylic acids is 1. The summed E-state index contributed by atoms with van der Waals surface area (Å²) in [6.07, 6.45) is 1.59. The Hall–Kier alpha value is -1.13. The van der Waals surface area contributed by atoms with Crippen molar-refractivity contribution in [3.05, 3.63) is 23.5 Å². The van der Waals surface area contributed by atoms with Gasteiger partial charge in [-0.05, 0) is 26.0 Å². The van der Waals surface area contributed by atoms with Crippen LogP contribution in [-0.2, 0) is 9.53 Å². The van der Waals surface area contributed by atoms with Crippen LogP contribution in [0, 0.1) is 0 Å². The van der Waals surface area contributed by atoms with Gasteiger partial charge in [0.2, 0.25) is 5.91 Å². The molecule has 1 amide bonds. The maximum atomic E-state index is 11.3. The first-order chi connectivity index (χ1) is 7.09. The fourth-order valence-electron chi connectivity index (χ4n) is 0.908. The summed E-state index contributed by atoms with van der Waals surface area (Å²) in [5.74, 6) is -0.237. The largest absolute Gasteiger partial charge is 0.369 e. The summed E-state index contributed by atoms with van der Waals surface area (Å²) in [6.45, 7) is 3.75. The lowest BCUT2D eigenvalue weighted by Crippen LogP contribution is -2.20. The van der Waals surface area contributed by atoms with Crippen LogP contribution in [0.1, 0.15) is 13.8 Å². The third kappa shape index (κ3) is 4.27. The molecule has 0 aliphatic rings. The van der Waals surface area contributed by atoms with Crippen molar-refractivity contribution in [1.82, 2.24) is 4.98 Å². The maximum absolute atomic E-state index is 11.3. The van der Waals surface area contributed by atoms with Gasteiger partial charge >= 0.3 is 0 Å². The number of hydrogen-bond acceptors (Lipinski definition) is 3. The zero-order chi connectivity index (χ0) is 11.3. The van der Waals surface area contributed by atoms with E-state index in [4.69, 9.17) is 16.3 Å². The molecule has 82 valence electrons. The number of rotatable bonds is 4. The zero-order valence-electron chi connectivity index (χ0n) is 8.66. The fraction of sp³-hybridized carbons (Fsp3) is 0.400. The highest BCUT2D eigenvalue weighted by molar-refractivity contribution is 6.32. The molecule has 1 aromatic rings. The van der Waals surface area contributed by atoms with Gasteiger partial charge in [-0.15, -0.1) is 0 Å². The molecule has 0 spiro atoms. The Morgan fingerprint density at radius 2 is 2.40 bits per heavy atom. The molecular weight excluding hydrogens is 216 g/mol. The number of nitrogens with zero attached hydrogens (tertiary/aromatic N) is 1. The third-order valence-corrected chi connectivity index (χ3v) is 1.88. The van der Waals surface area contributed by atoms with Crippen molar-refractivity contribution < 1.29 is 9.53 Å². The summed E-state index contributed by atoms with van der Waals surface area (Å²) in [5, 5.41) is 2.88. The number of nitrogens with one attached hydrogen (secondary N) is 1. The summed E-state index contributed by atoms with van der Waals surface area (Å²) >= 11 is 5.76. The SMILES string of the molecule is CC(C)OCC(=O)Nc1cccnc1Cl. The van der Waals surface area contributed by atoms with Crippen LogP contribution in [0.2, 0.25) is 5.15 Å². The molecule has 15 heavy (non-hydrogen) atoms. The van der Waals surface area contributed by atoms with Gasteiger partial charge in [0, 0.05) is 6.20 Å². The Bertz CT molecular complexity index is 342. The summed E-state index contributed by atoms with van der Waals surface area (Å²) in [4.78, 5) is 15.2. The molecule has 0 saturated carbocycles.